The minimum atomic E-state index is -4.00. The van der Waals surface area contributed by atoms with Gasteiger partial charge in [-0.1, -0.05) is 42.5 Å². The van der Waals surface area contributed by atoms with E-state index in [2.05, 4.69) is 4.72 Å². The van der Waals surface area contributed by atoms with Crippen molar-refractivity contribution in [2.45, 2.75) is 4.90 Å². The highest BCUT2D eigenvalue weighted by Crippen LogP contribution is 2.36. The molecule has 8 heteroatoms. The average molecular weight is 374 g/mol. The number of aromatic carboxylic acids is 1. The number of benzene rings is 2. The summed E-state index contributed by atoms with van der Waals surface area (Å²) in [7, 11) is -4.00. The highest BCUT2D eigenvalue weighted by Gasteiger charge is 2.23. The van der Waals surface area contributed by atoms with Crippen LogP contribution in [0.25, 0.3) is 10.4 Å². The Hall–Kier alpha value is -2.84. The van der Waals surface area contributed by atoms with Crippen molar-refractivity contribution >= 4 is 38.7 Å². The van der Waals surface area contributed by atoms with Crippen LogP contribution in [0.2, 0.25) is 0 Å². The van der Waals surface area contributed by atoms with E-state index in [1.165, 1.54) is 18.2 Å². The fourth-order valence-corrected chi connectivity index (χ4v) is 4.51. The van der Waals surface area contributed by atoms with Gasteiger partial charge in [0.15, 0.2) is 0 Å². The summed E-state index contributed by atoms with van der Waals surface area (Å²) in [6.07, 6.45) is 0. The van der Waals surface area contributed by atoms with Gasteiger partial charge in [-0.05, 0) is 23.8 Å². The van der Waals surface area contributed by atoms with E-state index in [1.54, 1.807) is 12.1 Å². The summed E-state index contributed by atoms with van der Waals surface area (Å²) in [5, 5.41) is 9.40. The largest absolute Gasteiger partial charge is 0.477 e. The van der Waals surface area contributed by atoms with Crippen LogP contribution in [0.1, 0.15) is 9.67 Å². The van der Waals surface area contributed by atoms with Crippen LogP contribution in [0.15, 0.2) is 65.6 Å². The third-order valence-electron chi connectivity index (χ3n) is 3.44. The number of hydrogen-bond acceptors (Lipinski definition) is 5. The number of thiophene rings is 1. The molecule has 128 valence electrons. The molecule has 25 heavy (non-hydrogen) atoms. The van der Waals surface area contributed by atoms with Crippen LogP contribution in [-0.4, -0.2) is 19.5 Å². The number of nitrogens with two attached hydrogens (primary N) is 1. The zero-order chi connectivity index (χ0) is 18.0. The number of nitrogen functional groups attached to an aromatic ring is 1. The lowest BCUT2D eigenvalue weighted by Gasteiger charge is -2.09. The maximum Gasteiger partial charge on any atom is 0.348 e. The molecule has 1 heterocycles. The van der Waals surface area contributed by atoms with E-state index >= 15 is 0 Å². The SMILES string of the molecule is Nc1ccccc1S(=O)(=O)Nc1cc(-c2ccccc2)sc1C(=O)O. The van der Waals surface area contributed by atoms with Gasteiger partial charge >= 0.3 is 5.97 Å². The zero-order valence-electron chi connectivity index (χ0n) is 12.8. The molecule has 0 bridgehead atoms. The second-order valence-corrected chi connectivity index (χ2v) is 7.87. The predicted octanol–water partition coefficient (Wildman–Crippen LogP) is 3.50. The molecule has 0 amide bonds. The molecule has 0 spiro atoms. The Morgan fingerprint density at radius 3 is 2.32 bits per heavy atom. The maximum atomic E-state index is 12.6. The van der Waals surface area contributed by atoms with Crippen molar-refractivity contribution in [2.24, 2.45) is 0 Å². The van der Waals surface area contributed by atoms with Gasteiger partial charge in [0.25, 0.3) is 10.0 Å². The smallest absolute Gasteiger partial charge is 0.348 e. The van der Waals surface area contributed by atoms with E-state index in [0.29, 0.717) is 4.88 Å². The Bertz CT molecular complexity index is 1030. The van der Waals surface area contributed by atoms with Crippen molar-refractivity contribution in [3.05, 3.63) is 65.5 Å². The summed E-state index contributed by atoms with van der Waals surface area (Å²) in [5.41, 5.74) is 6.63. The maximum absolute atomic E-state index is 12.6. The number of carboxylic acids is 1. The lowest BCUT2D eigenvalue weighted by molar-refractivity contribution is 0.0703. The molecule has 0 aliphatic carbocycles. The molecule has 0 saturated carbocycles. The molecule has 0 radical (unpaired) electrons. The Morgan fingerprint density at radius 1 is 1.04 bits per heavy atom. The van der Waals surface area contributed by atoms with Gasteiger partial charge < -0.3 is 10.8 Å². The van der Waals surface area contributed by atoms with Gasteiger partial charge in [-0.3, -0.25) is 4.72 Å². The number of carboxylic acid groups (broad SMARTS) is 1. The lowest BCUT2D eigenvalue weighted by atomic mass is 10.2. The van der Waals surface area contributed by atoms with E-state index in [-0.39, 0.29) is 21.1 Å². The third kappa shape index (κ3) is 3.49. The van der Waals surface area contributed by atoms with Crippen LogP contribution < -0.4 is 10.5 Å². The summed E-state index contributed by atoms with van der Waals surface area (Å²) in [5.74, 6) is -1.20. The van der Waals surface area contributed by atoms with Crippen molar-refractivity contribution in [1.29, 1.82) is 0 Å². The van der Waals surface area contributed by atoms with E-state index in [0.717, 1.165) is 16.9 Å². The minimum Gasteiger partial charge on any atom is -0.477 e. The van der Waals surface area contributed by atoms with E-state index in [4.69, 9.17) is 5.73 Å². The van der Waals surface area contributed by atoms with Gasteiger partial charge in [0.1, 0.15) is 9.77 Å². The zero-order valence-corrected chi connectivity index (χ0v) is 14.5. The molecule has 4 N–H and O–H groups in total. The molecule has 2 aromatic carbocycles. The molecule has 6 nitrogen and oxygen atoms in total. The number of anilines is 2. The summed E-state index contributed by atoms with van der Waals surface area (Å²) < 4.78 is 27.5. The number of nitrogens with one attached hydrogen (secondary N) is 1. The lowest BCUT2D eigenvalue weighted by Crippen LogP contribution is -2.15. The number of para-hydroxylation sites is 1. The van der Waals surface area contributed by atoms with Gasteiger partial charge in [0, 0.05) is 4.88 Å². The van der Waals surface area contributed by atoms with Crippen LogP contribution in [-0.2, 0) is 10.0 Å². The number of carbonyl (C=O) groups is 1. The Morgan fingerprint density at radius 2 is 1.68 bits per heavy atom. The van der Waals surface area contributed by atoms with Gasteiger partial charge in [0.05, 0.1) is 11.4 Å². The fourth-order valence-electron chi connectivity index (χ4n) is 2.30. The van der Waals surface area contributed by atoms with Crippen molar-refractivity contribution in [3.8, 4) is 10.4 Å². The second kappa shape index (κ2) is 6.58. The molecular weight excluding hydrogens is 360 g/mol. The first-order valence-corrected chi connectivity index (χ1v) is 9.48. The molecule has 3 rings (SSSR count). The molecular formula is C17H14N2O4S2. The van der Waals surface area contributed by atoms with Gasteiger partial charge in [-0.2, -0.15) is 0 Å². The molecule has 0 aliphatic heterocycles. The second-order valence-electron chi connectivity index (χ2n) is 5.17. The minimum absolute atomic E-state index is 0.0135. The summed E-state index contributed by atoms with van der Waals surface area (Å²) in [4.78, 5) is 12.0. The average Bonchev–Trinajstić information content (AvgIpc) is 2.99. The van der Waals surface area contributed by atoms with E-state index in [9.17, 15) is 18.3 Å². The number of sulfonamides is 1. The quantitative estimate of drug-likeness (QED) is 0.592. The Balaban J connectivity index is 2.04. The third-order valence-corrected chi connectivity index (χ3v) is 6.05. The van der Waals surface area contributed by atoms with Crippen LogP contribution in [0, 0.1) is 0 Å². The first kappa shape index (κ1) is 17.0. The summed E-state index contributed by atoms with van der Waals surface area (Å²) in [6.45, 7) is 0. The van der Waals surface area contributed by atoms with Crippen molar-refractivity contribution < 1.29 is 18.3 Å². The highest BCUT2D eigenvalue weighted by atomic mass is 32.2. The van der Waals surface area contributed by atoms with Crippen molar-refractivity contribution in [1.82, 2.24) is 0 Å². The van der Waals surface area contributed by atoms with E-state index < -0.39 is 16.0 Å². The number of rotatable bonds is 5. The van der Waals surface area contributed by atoms with Gasteiger partial charge in [0.2, 0.25) is 0 Å². The van der Waals surface area contributed by atoms with Crippen molar-refractivity contribution in [3.63, 3.8) is 0 Å². The molecule has 0 aliphatic rings. The van der Waals surface area contributed by atoms with Crippen LogP contribution in [0.5, 0.6) is 0 Å². The standard InChI is InChI=1S/C17H14N2O4S2/c18-12-8-4-5-9-15(12)25(22,23)19-13-10-14(24-16(13)17(20)21)11-6-2-1-3-7-11/h1-10,19H,18H2,(H,20,21). The molecule has 0 unspecified atom stereocenters. The summed E-state index contributed by atoms with van der Waals surface area (Å²) in [6, 6.07) is 16.7. The molecule has 0 atom stereocenters. The Kier molecular flexibility index (Phi) is 4.47. The van der Waals surface area contributed by atoms with Crippen LogP contribution in [0.4, 0.5) is 11.4 Å². The van der Waals surface area contributed by atoms with Gasteiger partial charge in [-0.15, -0.1) is 11.3 Å². The fraction of sp³-hybridized carbons (Fsp3) is 0. The summed E-state index contributed by atoms with van der Waals surface area (Å²) >= 11 is 1.00. The molecule has 0 saturated heterocycles. The first-order valence-electron chi connectivity index (χ1n) is 7.18. The van der Waals surface area contributed by atoms with Crippen molar-refractivity contribution in [2.75, 3.05) is 10.5 Å². The van der Waals surface area contributed by atoms with Gasteiger partial charge in [-0.25, -0.2) is 13.2 Å². The Labute approximate surface area is 148 Å². The van der Waals surface area contributed by atoms with Crippen LogP contribution in [0.3, 0.4) is 0 Å². The first-order chi connectivity index (χ1) is 11.9. The topological polar surface area (TPSA) is 109 Å². The van der Waals surface area contributed by atoms with Crippen LogP contribution >= 0.6 is 11.3 Å². The monoisotopic (exact) mass is 374 g/mol. The molecule has 1 aromatic heterocycles. The molecule has 0 fully saturated rings. The number of hydrogen-bond donors (Lipinski definition) is 3. The van der Waals surface area contributed by atoms with E-state index in [1.807, 2.05) is 30.3 Å². The highest BCUT2D eigenvalue weighted by molar-refractivity contribution is 7.93. The molecule has 3 aromatic rings. The predicted molar refractivity (Wildman–Crippen MR) is 98.4 cm³/mol. The normalized spacial score (nSPS) is 11.2.